The van der Waals surface area contributed by atoms with Gasteiger partial charge in [0.1, 0.15) is 11.6 Å². The summed E-state index contributed by atoms with van der Waals surface area (Å²) in [7, 11) is 2.82. The number of nitriles is 1. The van der Waals surface area contributed by atoms with Crippen LogP contribution in [0.3, 0.4) is 0 Å². The van der Waals surface area contributed by atoms with Gasteiger partial charge in [-0.25, -0.2) is 4.79 Å². The van der Waals surface area contributed by atoms with E-state index in [1.807, 2.05) is 19.9 Å². The molecule has 128 valence electrons. The number of benzene rings is 1. The molecule has 0 spiro atoms. The molecule has 0 saturated heterocycles. The number of carbonyl (C=O) groups is 1. The molecule has 1 aromatic carbocycles. The molecule has 1 amide bonds. The zero-order valence-corrected chi connectivity index (χ0v) is 14.5. The Hall–Kier alpha value is -3.40. The lowest BCUT2D eigenvalue weighted by molar-refractivity contribution is -0.112. The van der Waals surface area contributed by atoms with E-state index in [0.717, 1.165) is 15.7 Å². The van der Waals surface area contributed by atoms with E-state index < -0.39 is 17.2 Å². The standard InChI is InChI=1S/C18H18N4O3/c1-11-6-5-7-15(12(11)2)20-16(23)13(9-19)8-14-10-21(3)18(25)22(4)17(14)24/h5-8,10H,1-4H3,(H,20,23)/b13-8+. The van der Waals surface area contributed by atoms with Gasteiger partial charge in [0.15, 0.2) is 0 Å². The highest BCUT2D eigenvalue weighted by molar-refractivity contribution is 6.09. The van der Waals surface area contributed by atoms with Crippen LogP contribution in [0.15, 0.2) is 39.6 Å². The van der Waals surface area contributed by atoms with Crippen LogP contribution in [0, 0.1) is 25.2 Å². The number of carbonyl (C=O) groups excluding carboxylic acids is 1. The normalized spacial score (nSPS) is 11.1. The van der Waals surface area contributed by atoms with Crippen molar-refractivity contribution in [2.45, 2.75) is 13.8 Å². The van der Waals surface area contributed by atoms with Crippen LogP contribution in [0.5, 0.6) is 0 Å². The van der Waals surface area contributed by atoms with E-state index in [1.54, 1.807) is 18.2 Å². The van der Waals surface area contributed by atoms with Crippen LogP contribution < -0.4 is 16.6 Å². The molecule has 1 N–H and O–H groups in total. The minimum atomic E-state index is -0.618. The second-order valence-corrected chi connectivity index (χ2v) is 5.71. The van der Waals surface area contributed by atoms with Gasteiger partial charge in [-0.15, -0.1) is 0 Å². The van der Waals surface area contributed by atoms with Crippen molar-refractivity contribution < 1.29 is 4.79 Å². The molecule has 25 heavy (non-hydrogen) atoms. The van der Waals surface area contributed by atoms with Crippen LogP contribution >= 0.6 is 0 Å². The quantitative estimate of drug-likeness (QED) is 0.673. The average molecular weight is 338 g/mol. The van der Waals surface area contributed by atoms with Crippen LogP contribution in [0.2, 0.25) is 0 Å². The third-order valence-corrected chi connectivity index (χ3v) is 3.99. The van der Waals surface area contributed by atoms with Crippen molar-refractivity contribution in [2.24, 2.45) is 14.1 Å². The van der Waals surface area contributed by atoms with E-state index in [-0.39, 0.29) is 11.1 Å². The van der Waals surface area contributed by atoms with Crippen molar-refractivity contribution in [1.82, 2.24) is 9.13 Å². The molecule has 0 aliphatic carbocycles. The van der Waals surface area contributed by atoms with E-state index in [0.29, 0.717) is 5.69 Å². The number of aryl methyl sites for hydroxylation is 2. The minimum Gasteiger partial charge on any atom is -0.321 e. The summed E-state index contributed by atoms with van der Waals surface area (Å²) in [6.07, 6.45) is 2.48. The lowest BCUT2D eigenvalue weighted by atomic mass is 10.1. The van der Waals surface area contributed by atoms with Crippen molar-refractivity contribution in [3.63, 3.8) is 0 Å². The Balaban J connectivity index is 2.44. The first-order chi connectivity index (χ1) is 11.8. The summed E-state index contributed by atoms with van der Waals surface area (Å²) in [5, 5.41) is 12.0. The molecule has 2 aromatic rings. The minimum absolute atomic E-state index is 0.0808. The maximum atomic E-state index is 12.4. The highest BCUT2D eigenvalue weighted by atomic mass is 16.2. The second kappa shape index (κ2) is 7.01. The lowest BCUT2D eigenvalue weighted by Crippen LogP contribution is -2.37. The van der Waals surface area contributed by atoms with Gasteiger partial charge >= 0.3 is 5.69 Å². The van der Waals surface area contributed by atoms with E-state index >= 15 is 0 Å². The molecule has 1 heterocycles. The molecule has 0 fully saturated rings. The van der Waals surface area contributed by atoms with E-state index in [4.69, 9.17) is 0 Å². The topological polar surface area (TPSA) is 96.9 Å². The third kappa shape index (κ3) is 3.58. The first-order valence-electron chi connectivity index (χ1n) is 7.52. The summed E-state index contributed by atoms with van der Waals surface area (Å²) >= 11 is 0. The molecule has 0 atom stereocenters. The van der Waals surface area contributed by atoms with Gasteiger partial charge in [-0.2, -0.15) is 5.26 Å². The summed E-state index contributed by atoms with van der Waals surface area (Å²) in [5.41, 5.74) is 1.29. The molecule has 1 aromatic heterocycles. The Kier molecular flexibility index (Phi) is 5.03. The zero-order valence-electron chi connectivity index (χ0n) is 14.5. The van der Waals surface area contributed by atoms with Gasteiger partial charge in [0.25, 0.3) is 11.5 Å². The fraction of sp³-hybridized carbons (Fsp3) is 0.222. The van der Waals surface area contributed by atoms with E-state index in [1.165, 1.54) is 30.9 Å². The molecule has 7 heteroatoms. The summed E-state index contributed by atoms with van der Waals surface area (Å²) in [5.74, 6) is -0.618. The second-order valence-electron chi connectivity index (χ2n) is 5.71. The Morgan fingerprint density at radius 1 is 1.24 bits per heavy atom. The molecule has 0 radical (unpaired) electrons. The largest absolute Gasteiger partial charge is 0.330 e. The molecule has 2 rings (SSSR count). The Labute approximate surface area is 144 Å². The van der Waals surface area contributed by atoms with Crippen molar-refractivity contribution in [3.05, 3.63) is 67.5 Å². The van der Waals surface area contributed by atoms with Gasteiger partial charge in [0, 0.05) is 26.0 Å². The fourth-order valence-electron chi connectivity index (χ4n) is 2.32. The Bertz CT molecular complexity index is 1040. The first kappa shape index (κ1) is 17.9. The molecule has 0 saturated carbocycles. The smallest absolute Gasteiger partial charge is 0.321 e. The van der Waals surface area contributed by atoms with E-state index in [9.17, 15) is 19.6 Å². The van der Waals surface area contributed by atoms with Crippen LogP contribution in [-0.2, 0) is 18.9 Å². The molecular weight excluding hydrogens is 320 g/mol. The Morgan fingerprint density at radius 2 is 1.92 bits per heavy atom. The number of aromatic nitrogens is 2. The number of anilines is 1. The number of nitrogens with one attached hydrogen (secondary N) is 1. The average Bonchev–Trinajstić information content (AvgIpc) is 2.59. The third-order valence-electron chi connectivity index (χ3n) is 3.99. The van der Waals surface area contributed by atoms with Gasteiger partial charge in [0.2, 0.25) is 0 Å². The van der Waals surface area contributed by atoms with Gasteiger partial charge in [-0.05, 0) is 37.1 Å². The number of rotatable bonds is 3. The number of nitrogens with zero attached hydrogens (tertiary/aromatic N) is 3. The summed E-state index contributed by atoms with van der Waals surface area (Å²) < 4.78 is 2.13. The van der Waals surface area contributed by atoms with Gasteiger partial charge < -0.3 is 9.88 Å². The fourth-order valence-corrected chi connectivity index (χ4v) is 2.32. The predicted octanol–water partition coefficient (Wildman–Crippen LogP) is 1.25. The predicted molar refractivity (Wildman–Crippen MR) is 95.1 cm³/mol. The Morgan fingerprint density at radius 3 is 2.56 bits per heavy atom. The maximum absolute atomic E-state index is 12.4. The van der Waals surface area contributed by atoms with Gasteiger partial charge in [-0.1, -0.05) is 12.1 Å². The summed E-state index contributed by atoms with van der Waals surface area (Å²) in [6, 6.07) is 7.25. The molecular formula is C18H18N4O3. The van der Waals surface area contributed by atoms with Gasteiger partial charge in [0.05, 0.1) is 5.56 Å². The van der Waals surface area contributed by atoms with Crippen LogP contribution in [0.25, 0.3) is 6.08 Å². The highest BCUT2D eigenvalue weighted by Gasteiger charge is 2.13. The first-order valence-corrected chi connectivity index (χ1v) is 7.52. The molecule has 0 aliphatic heterocycles. The monoisotopic (exact) mass is 338 g/mol. The van der Waals surface area contributed by atoms with Gasteiger partial charge in [-0.3, -0.25) is 14.2 Å². The summed E-state index contributed by atoms with van der Waals surface area (Å²) in [6.45, 7) is 3.78. The molecule has 0 bridgehead atoms. The van der Waals surface area contributed by atoms with Crippen LogP contribution in [0.1, 0.15) is 16.7 Å². The van der Waals surface area contributed by atoms with Crippen molar-refractivity contribution in [1.29, 1.82) is 5.26 Å². The van der Waals surface area contributed by atoms with Crippen LogP contribution in [-0.4, -0.2) is 15.0 Å². The molecule has 0 unspecified atom stereocenters. The van der Waals surface area contributed by atoms with Crippen molar-refractivity contribution in [3.8, 4) is 6.07 Å². The zero-order chi connectivity index (χ0) is 18.7. The highest BCUT2D eigenvalue weighted by Crippen LogP contribution is 2.18. The maximum Gasteiger partial charge on any atom is 0.330 e. The number of hydrogen-bond acceptors (Lipinski definition) is 4. The van der Waals surface area contributed by atoms with Crippen LogP contribution in [0.4, 0.5) is 5.69 Å². The molecule has 0 aliphatic rings. The van der Waals surface area contributed by atoms with Crippen molar-refractivity contribution in [2.75, 3.05) is 5.32 Å². The number of hydrogen-bond donors (Lipinski definition) is 1. The summed E-state index contributed by atoms with van der Waals surface area (Å²) in [4.78, 5) is 36.2. The number of amides is 1. The molecule has 7 nitrogen and oxygen atoms in total. The lowest BCUT2D eigenvalue weighted by Gasteiger charge is -2.10. The van der Waals surface area contributed by atoms with Crippen molar-refractivity contribution >= 4 is 17.7 Å². The SMILES string of the molecule is Cc1cccc(NC(=O)/C(C#N)=C/c2cn(C)c(=O)n(C)c2=O)c1C. The van der Waals surface area contributed by atoms with E-state index in [2.05, 4.69) is 5.32 Å².